The Labute approximate surface area is 197 Å². The van der Waals surface area contributed by atoms with Crippen molar-refractivity contribution in [3.8, 4) is 0 Å². The number of hydrogen-bond acceptors (Lipinski definition) is 4. The van der Waals surface area contributed by atoms with Crippen LogP contribution in [-0.2, 0) is 17.1 Å². The van der Waals surface area contributed by atoms with Crippen LogP contribution < -0.4 is 9.11 Å². The van der Waals surface area contributed by atoms with E-state index in [2.05, 4.69) is 24.9 Å². The molecule has 0 aliphatic rings. The minimum Gasteiger partial charge on any atom is -0.319 e. The number of amides is 1. The van der Waals surface area contributed by atoms with Gasteiger partial charge in [-0.1, -0.05) is 35.6 Å². The summed E-state index contributed by atoms with van der Waals surface area (Å²) in [5.74, 6) is -0.411. The predicted molar refractivity (Wildman–Crippen MR) is 133 cm³/mol. The van der Waals surface area contributed by atoms with Crippen LogP contribution in [0.25, 0.3) is 10.2 Å². The number of fused-ring (bicyclic) bond motifs is 1. The maximum atomic E-state index is 13.2. The molecule has 1 heterocycles. The van der Waals surface area contributed by atoms with Gasteiger partial charge < -0.3 is 4.57 Å². The third kappa shape index (κ3) is 4.24. The molecule has 0 saturated heterocycles. The van der Waals surface area contributed by atoms with E-state index in [-0.39, 0.29) is 4.90 Å². The molecule has 0 aliphatic carbocycles. The van der Waals surface area contributed by atoms with Gasteiger partial charge in [0.15, 0.2) is 4.80 Å². The third-order valence-electron chi connectivity index (χ3n) is 5.71. The lowest BCUT2D eigenvalue weighted by molar-refractivity contribution is 0.0998. The first-order chi connectivity index (χ1) is 15.7. The van der Waals surface area contributed by atoms with E-state index >= 15 is 0 Å². The quantitative estimate of drug-likeness (QED) is 0.412. The molecule has 0 fully saturated rings. The van der Waals surface area contributed by atoms with Crippen molar-refractivity contribution < 1.29 is 13.2 Å². The first kappa shape index (κ1) is 22.9. The van der Waals surface area contributed by atoms with Gasteiger partial charge in [0.1, 0.15) is 0 Å². The summed E-state index contributed by atoms with van der Waals surface area (Å²) in [6, 6.07) is 19.0. The lowest BCUT2D eigenvalue weighted by Crippen LogP contribution is -2.30. The average molecular weight is 480 g/mol. The van der Waals surface area contributed by atoms with Crippen LogP contribution in [0.3, 0.4) is 0 Å². The highest BCUT2D eigenvalue weighted by atomic mass is 32.2. The van der Waals surface area contributed by atoms with Gasteiger partial charge in [0.25, 0.3) is 15.9 Å². The molecule has 33 heavy (non-hydrogen) atoms. The molecule has 4 aromatic rings. The van der Waals surface area contributed by atoms with E-state index in [1.54, 1.807) is 31.2 Å². The number of thiazole rings is 1. The predicted octanol–water partition coefficient (Wildman–Crippen LogP) is 4.81. The highest BCUT2D eigenvalue weighted by molar-refractivity contribution is 7.92. The van der Waals surface area contributed by atoms with Gasteiger partial charge in [0, 0.05) is 19.2 Å². The molecule has 0 spiro atoms. The second-order valence-electron chi connectivity index (χ2n) is 7.74. The number of benzene rings is 3. The monoisotopic (exact) mass is 479 g/mol. The summed E-state index contributed by atoms with van der Waals surface area (Å²) in [5, 5.41) is 0. The number of sulfonamides is 1. The Morgan fingerprint density at radius 2 is 1.67 bits per heavy atom. The summed E-state index contributed by atoms with van der Waals surface area (Å²) in [4.78, 5) is 17.9. The molecule has 8 heteroatoms. The van der Waals surface area contributed by atoms with Crippen molar-refractivity contribution in [3.05, 3.63) is 88.2 Å². The number of rotatable bonds is 5. The molecule has 0 bridgehead atoms. The van der Waals surface area contributed by atoms with Gasteiger partial charge in [0.2, 0.25) is 0 Å². The number of carbonyl (C=O) groups excluding carboxylic acids is 1. The van der Waals surface area contributed by atoms with Crippen molar-refractivity contribution in [2.24, 2.45) is 12.0 Å². The zero-order valence-electron chi connectivity index (χ0n) is 18.9. The second-order valence-corrected chi connectivity index (χ2v) is 10.6. The standard InChI is InChI=1S/C25H25N3O3S2/c1-5-28(20-9-7-6-8-10-20)33(30,31)21-14-12-19(13-15-21)24(29)26-25-27(4)23-18(3)17(2)11-16-22(23)32-25/h6-16H,5H2,1-4H3. The Kier molecular flexibility index (Phi) is 6.23. The summed E-state index contributed by atoms with van der Waals surface area (Å²) < 4.78 is 30.6. The maximum absolute atomic E-state index is 13.2. The van der Waals surface area contributed by atoms with Crippen LogP contribution in [-0.4, -0.2) is 25.4 Å². The molecule has 0 N–H and O–H groups in total. The molecule has 0 radical (unpaired) electrons. The molecule has 0 saturated carbocycles. The summed E-state index contributed by atoms with van der Waals surface area (Å²) >= 11 is 1.45. The van der Waals surface area contributed by atoms with Crippen molar-refractivity contribution in [2.75, 3.05) is 10.8 Å². The number of carbonyl (C=O) groups is 1. The van der Waals surface area contributed by atoms with Crippen molar-refractivity contribution in [1.82, 2.24) is 4.57 Å². The SMILES string of the molecule is CCN(c1ccccc1)S(=O)(=O)c1ccc(C(=O)N=c2sc3ccc(C)c(C)c3n2C)cc1. The molecule has 1 amide bonds. The van der Waals surface area contributed by atoms with E-state index in [4.69, 9.17) is 0 Å². The van der Waals surface area contributed by atoms with Gasteiger partial charge in [-0.25, -0.2) is 8.42 Å². The molecular weight excluding hydrogens is 454 g/mol. The topological polar surface area (TPSA) is 71.7 Å². The largest absolute Gasteiger partial charge is 0.319 e. The zero-order chi connectivity index (χ0) is 23.8. The normalized spacial score (nSPS) is 12.3. The molecule has 170 valence electrons. The third-order valence-corrected chi connectivity index (χ3v) is 8.72. The lowest BCUT2D eigenvalue weighted by atomic mass is 10.1. The first-order valence-corrected chi connectivity index (χ1v) is 12.8. The number of hydrogen-bond donors (Lipinski definition) is 0. The number of para-hydroxylation sites is 1. The first-order valence-electron chi connectivity index (χ1n) is 10.6. The fourth-order valence-corrected chi connectivity index (χ4v) is 6.32. The van der Waals surface area contributed by atoms with Crippen molar-refractivity contribution in [1.29, 1.82) is 0 Å². The molecule has 0 aliphatic heterocycles. The number of anilines is 1. The van der Waals surface area contributed by atoms with Gasteiger partial charge >= 0.3 is 0 Å². The number of nitrogens with zero attached hydrogens (tertiary/aromatic N) is 3. The maximum Gasteiger partial charge on any atom is 0.279 e. The highest BCUT2D eigenvalue weighted by Gasteiger charge is 2.23. The molecule has 0 atom stereocenters. The van der Waals surface area contributed by atoms with Gasteiger partial charge in [-0.15, -0.1) is 0 Å². The molecule has 6 nitrogen and oxygen atoms in total. The van der Waals surface area contributed by atoms with Crippen molar-refractivity contribution >= 4 is 43.2 Å². The van der Waals surface area contributed by atoms with Crippen LogP contribution in [0.4, 0.5) is 5.69 Å². The van der Waals surface area contributed by atoms with Crippen LogP contribution in [0.2, 0.25) is 0 Å². The average Bonchev–Trinajstić information content (AvgIpc) is 3.13. The summed E-state index contributed by atoms with van der Waals surface area (Å²) in [6.07, 6.45) is 0. The fraction of sp³-hybridized carbons (Fsp3) is 0.200. The van der Waals surface area contributed by atoms with E-state index in [1.165, 1.54) is 45.5 Å². The highest BCUT2D eigenvalue weighted by Crippen LogP contribution is 2.24. The Bertz CT molecular complexity index is 1500. The van der Waals surface area contributed by atoms with Crippen molar-refractivity contribution in [3.63, 3.8) is 0 Å². The minimum atomic E-state index is -3.75. The zero-order valence-corrected chi connectivity index (χ0v) is 20.6. The Morgan fingerprint density at radius 3 is 2.30 bits per heavy atom. The number of aryl methyl sites for hydroxylation is 3. The number of aromatic nitrogens is 1. The molecular formula is C25H25N3O3S2. The van der Waals surface area contributed by atoms with Crippen LogP contribution in [0.1, 0.15) is 28.4 Å². The van der Waals surface area contributed by atoms with E-state index in [0.29, 0.717) is 22.6 Å². The molecule has 0 unspecified atom stereocenters. The summed E-state index contributed by atoms with van der Waals surface area (Å²) in [6.45, 7) is 6.20. The minimum absolute atomic E-state index is 0.128. The van der Waals surface area contributed by atoms with E-state index in [1.807, 2.05) is 23.7 Å². The Hall–Kier alpha value is -3.23. The fourth-order valence-electron chi connectivity index (χ4n) is 3.77. The molecule has 4 rings (SSSR count). The van der Waals surface area contributed by atoms with Crippen LogP contribution in [0, 0.1) is 13.8 Å². The molecule has 1 aromatic heterocycles. The van der Waals surface area contributed by atoms with Crippen LogP contribution in [0.15, 0.2) is 76.6 Å². The van der Waals surface area contributed by atoms with Gasteiger partial charge in [-0.3, -0.25) is 9.10 Å². The van der Waals surface area contributed by atoms with Gasteiger partial charge in [0.05, 0.1) is 20.8 Å². The van der Waals surface area contributed by atoms with Gasteiger partial charge in [-0.2, -0.15) is 4.99 Å². The smallest absolute Gasteiger partial charge is 0.279 e. The Morgan fingerprint density at radius 1 is 1.00 bits per heavy atom. The van der Waals surface area contributed by atoms with Crippen LogP contribution >= 0.6 is 11.3 Å². The van der Waals surface area contributed by atoms with E-state index in [9.17, 15) is 13.2 Å². The second kappa shape index (κ2) is 8.96. The summed E-state index contributed by atoms with van der Waals surface area (Å²) in [5.41, 5.74) is 4.34. The Balaban J connectivity index is 1.66. The van der Waals surface area contributed by atoms with E-state index in [0.717, 1.165) is 15.8 Å². The van der Waals surface area contributed by atoms with Gasteiger partial charge in [-0.05, 0) is 74.4 Å². The lowest BCUT2D eigenvalue weighted by Gasteiger charge is -2.22. The molecule has 3 aromatic carbocycles. The summed E-state index contributed by atoms with van der Waals surface area (Å²) in [7, 11) is -1.85. The van der Waals surface area contributed by atoms with E-state index < -0.39 is 15.9 Å². The van der Waals surface area contributed by atoms with Crippen LogP contribution in [0.5, 0.6) is 0 Å². The van der Waals surface area contributed by atoms with Crippen molar-refractivity contribution in [2.45, 2.75) is 25.7 Å².